The third-order valence-corrected chi connectivity index (χ3v) is 15.7. The molecule has 6 unspecified atom stereocenters. The van der Waals surface area contributed by atoms with Crippen LogP contribution >= 0.6 is 11.8 Å². The van der Waals surface area contributed by atoms with Crippen LogP contribution in [0.2, 0.25) is 0 Å². The van der Waals surface area contributed by atoms with Gasteiger partial charge in [-0.25, -0.2) is 0 Å². The van der Waals surface area contributed by atoms with Gasteiger partial charge in [-0.05, 0) is 110 Å². The van der Waals surface area contributed by atoms with E-state index in [-0.39, 0.29) is 54.4 Å². The minimum atomic E-state index is -1.05. The molecule has 2 aromatic carbocycles. The number of nitro benzene ring substituents is 1. The molecule has 0 radical (unpaired) electrons. The Balaban J connectivity index is 1.30. The number of oxime groups is 1. The molecule has 1 fully saturated rings. The third-order valence-electron chi connectivity index (χ3n) is 14.3. The van der Waals surface area contributed by atoms with Crippen LogP contribution in [0, 0.1) is 34.8 Å². The van der Waals surface area contributed by atoms with E-state index in [4.69, 9.17) is 24.2 Å². The predicted octanol–water partition coefficient (Wildman–Crippen LogP) is 13.9. The molecule has 2 N–H and O–H groups in total. The second-order valence-electron chi connectivity index (χ2n) is 19.5. The fraction of sp³-hybridized carbons (Fsp3) is 0.614. The van der Waals surface area contributed by atoms with Crippen molar-refractivity contribution in [2.45, 2.75) is 179 Å². The number of ether oxygens (including phenoxy) is 3. The number of hydrogen-bond donors (Lipinski definition) is 2. The number of fused-ring (bicyclic) bond motifs is 2. The molecule has 0 bridgehead atoms. The molecule has 0 amide bonds. The summed E-state index contributed by atoms with van der Waals surface area (Å²) < 4.78 is 21.1. The Labute approximate surface area is 417 Å². The number of aliphatic hydroxyl groups excluding tert-OH is 2. The maximum absolute atomic E-state index is 11.4. The quantitative estimate of drug-likeness (QED) is 0.0257. The first-order chi connectivity index (χ1) is 33.8. The number of thioether (sulfide) groups is 1. The fourth-order valence-corrected chi connectivity index (χ4v) is 12.2. The van der Waals surface area contributed by atoms with Gasteiger partial charge in [-0.2, -0.15) is 11.8 Å². The van der Waals surface area contributed by atoms with Crippen molar-refractivity contribution in [3.05, 3.63) is 118 Å². The van der Waals surface area contributed by atoms with Crippen LogP contribution in [0.3, 0.4) is 0 Å². The summed E-state index contributed by atoms with van der Waals surface area (Å²) in [6.07, 6.45) is 28.1. The van der Waals surface area contributed by atoms with E-state index in [2.05, 4.69) is 36.7 Å². The number of allylic oxidation sites excluding steroid dienone is 1. The molecule has 2 aliphatic carbocycles. The number of nitro groups is 1. The maximum Gasteiger partial charge on any atom is 0.269 e. The molecule has 0 saturated heterocycles. The van der Waals surface area contributed by atoms with Gasteiger partial charge < -0.3 is 29.3 Å². The van der Waals surface area contributed by atoms with Gasteiger partial charge in [0.15, 0.2) is 0 Å². The number of aliphatic hydroxyl groups is 2. The Morgan fingerprint density at radius 3 is 2.20 bits per heavy atom. The Morgan fingerprint density at radius 1 is 0.870 bits per heavy atom. The third kappa shape index (κ3) is 15.6. The van der Waals surface area contributed by atoms with Crippen LogP contribution in [0.15, 0.2) is 90.1 Å². The van der Waals surface area contributed by atoms with Gasteiger partial charge >= 0.3 is 0 Å². The SMILES string of the molecule is C=CCOC12Oc3ccc(OCc4cccc(C)n4)cc3C3C(CCCCO)C(CCCCO)C=C(C(=NOCc4ccc([N+](=O)[O-])cc4)CC1SCCCCCCCCCCCCCCCC)C32. The highest BCUT2D eigenvalue weighted by molar-refractivity contribution is 8.00. The molecule has 69 heavy (non-hydrogen) atoms. The number of pyridine rings is 1. The highest BCUT2D eigenvalue weighted by Crippen LogP contribution is 2.62. The van der Waals surface area contributed by atoms with E-state index in [1.807, 2.05) is 49.0 Å². The molecule has 1 aromatic heterocycles. The number of benzene rings is 2. The Hall–Kier alpha value is -4.23. The van der Waals surface area contributed by atoms with Gasteiger partial charge in [-0.15, -0.1) is 6.58 Å². The van der Waals surface area contributed by atoms with Crippen molar-refractivity contribution in [1.82, 2.24) is 4.98 Å². The van der Waals surface area contributed by atoms with Gasteiger partial charge in [-0.3, -0.25) is 15.1 Å². The lowest BCUT2D eigenvalue weighted by Crippen LogP contribution is -2.64. The maximum atomic E-state index is 11.4. The predicted molar refractivity (Wildman–Crippen MR) is 279 cm³/mol. The van der Waals surface area contributed by atoms with Crippen molar-refractivity contribution in [2.75, 3.05) is 25.6 Å². The van der Waals surface area contributed by atoms with Crippen LogP contribution in [-0.2, 0) is 22.8 Å². The first-order valence-corrected chi connectivity index (χ1v) is 27.5. The van der Waals surface area contributed by atoms with Crippen LogP contribution < -0.4 is 9.47 Å². The largest absolute Gasteiger partial charge is 0.487 e. The zero-order chi connectivity index (χ0) is 48.7. The molecule has 0 spiro atoms. The molecule has 3 aliphatic rings. The molecule has 3 aromatic rings. The molecule has 12 heteroatoms. The van der Waals surface area contributed by atoms with Gasteiger partial charge in [0.05, 0.1) is 34.1 Å². The van der Waals surface area contributed by atoms with Gasteiger partial charge in [0.2, 0.25) is 5.79 Å². The fourth-order valence-electron chi connectivity index (χ4n) is 10.8. The number of aromatic nitrogens is 1. The van der Waals surface area contributed by atoms with Gasteiger partial charge in [0.25, 0.3) is 5.69 Å². The van der Waals surface area contributed by atoms with Crippen LogP contribution in [0.1, 0.15) is 170 Å². The van der Waals surface area contributed by atoms with Gasteiger partial charge in [-0.1, -0.05) is 127 Å². The lowest BCUT2D eigenvalue weighted by atomic mass is 9.56. The number of nitrogens with zero attached hydrogens (tertiary/aromatic N) is 3. The van der Waals surface area contributed by atoms with E-state index in [0.717, 1.165) is 83.2 Å². The monoisotopic (exact) mass is 968 g/mol. The van der Waals surface area contributed by atoms with Crippen molar-refractivity contribution in [2.24, 2.45) is 22.9 Å². The van der Waals surface area contributed by atoms with Crippen molar-refractivity contribution in [3.8, 4) is 11.5 Å². The molecule has 6 rings (SSSR count). The zero-order valence-corrected chi connectivity index (χ0v) is 42.5. The van der Waals surface area contributed by atoms with Gasteiger partial charge in [0, 0.05) is 48.9 Å². The van der Waals surface area contributed by atoms with Crippen LogP contribution in [0.5, 0.6) is 11.5 Å². The average Bonchev–Trinajstić information content (AvgIpc) is 3.35. The molecule has 378 valence electrons. The smallest absolute Gasteiger partial charge is 0.269 e. The van der Waals surface area contributed by atoms with E-state index in [1.54, 1.807) is 12.1 Å². The lowest BCUT2D eigenvalue weighted by molar-refractivity contribution is -0.384. The normalized spacial score (nSPS) is 22.1. The van der Waals surface area contributed by atoms with Crippen molar-refractivity contribution < 1.29 is 34.2 Å². The van der Waals surface area contributed by atoms with Gasteiger partial charge in [0.1, 0.15) is 24.7 Å². The van der Waals surface area contributed by atoms with Crippen LogP contribution in [0.4, 0.5) is 5.69 Å². The topological polar surface area (TPSA) is 146 Å². The Kier molecular flexibility index (Phi) is 22.9. The van der Waals surface area contributed by atoms with E-state index in [0.29, 0.717) is 32.5 Å². The highest BCUT2D eigenvalue weighted by atomic mass is 32.2. The summed E-state index contributed by atoms with van der Waals surface area (Å²) in [6.45, 7) is 9.43. The minimum absolute atomic E-state index is 0.0315. The first kappa shape index (κ1) is 54.1. The van der Waals surface area contributed by atoms with E-state index < -0.39 is 10.7 Å². The number of unbranched alkanes of at least 4 members (excludes halogenated alkanes) is 15. The standard InChI is InChI=1S/C57H81N3O8S/c1-4-6-7-8-9-10-11-12-13-14-15-16-17-22-37-69-54-40-52(59-67-41-44-28-30-47(31-29-44)60(63)64)50-38-45(25-18-20-34-61)49(27-19-21-35-62)55-51-39-48(65-42-46-26-23-24-43(3)58-46)32-33-53(51)68-57(54,56(50)55)66-36-5-2/h5,23-24,26,28-33,38-39,45,49,54-56,61-62H,2,4,6-22,25,27,34-37,40-42H2,1,3H3. The Morgan fingerprint density at radius 2 is 1.55 bits per heavy atom. The second-order valence-corrected chi connectivity index (χ2v) is 20.8. The summed E-state index contributed by atoms with van der Waals surface area (Å²) in [5.74, 6) is 1.45. The molecule has 11 nitrogen and oxygen atoms in total. The first-order valence-electron chi connectivity index (χ1n) is 26.4. The van der Waals surface area contributed by atoms with E-state index >= 15 is 0 Å². The summed E-state index contributed by atoms with van der Waals surface area (Å²) in [5, 5.41) is 36.2. The average molecular weight is 968 g/mol. The Bertz CT molecular complexity index is 2080. The van der Waals surface area contributed by atoms with Crippen molar-refractivity contribution >= 4 is 23.2 Å². The van der Waals surface area contributed by atoms with Crippen molar-refractivity contribution in [3.63, 3.8) is 0 Å². The van der Waals surface area contributed by atoms with Crippen molar-refractivity contribution in [1.29, 1.82) is 0 Å². The number of hydrogen-bond acceptors (Lipinski definition) is 11. The summed E-state index contributed by atoms with van der Waals surface area (Å²) in [5.41, 5.74) is 5.62. The summed E-state index contributed by atoms with van der Waals surface area (Å²) in [7, 11) is 0. The number of non-ortho nitro benzene ring substituents is 1. The molecule has 1 aliphatic heterocycles. The minimum Gasteiger partial charge on any atom is -0.487 e. The van der Waals surface area contributed by atoms with E-state index in [9.17, 15) is 20.3 Å². The second kappa shape index (κ2) is 29.2. The molecule has 1 saturated carbocycles. The molecule has 6 atom stereocenters. The summed E-state index contributed by atoms with van der Waals surface area (Å²) in [4.78, 5) is 21.9. The van der Waals surface area contributed by atoms with E-state index in [1.165, 1.54) is 95.6 Å². The number of rotatable bonds is 34. The van der Waals surface area contributed by atoms with Crippen LogP contribution in [-0.4, -0.2) is 62.4 Å². The number of aryl methyl sites for hydroxylation is 1. The molecular weight excluding hydrogens is 887 g/mol. The molecular formula is C57H81N3O8S. The summed E-state index contributed by atoms with van der Waals surface area (Å²) >= 11 is 1.91. The summed E-state index contributed by atoms with van der Waals surface area (Å²) in [6, 6.07) is 18.6. The highest BCUT2D eigenvalue weighted by Gasteiger charge is 2.64. The zero-order valence-electron chi connectivity index (χ0n) is 41.7. The molecule has 2 heterocycles. The lowest BCUT2D eigenvalue weighted by Gasteiger charge is -2.58. The van der Waals surface area contributed by atoms with Crippen LogP contribution in [0.25, 0.3) is 0 Å².